The molecule has 0 aliphatic carbocycles. The van der Waals surface area contributed by atoms with Gasteiger partial charge < -0.3 is 0 Å². The lowest BCUT2D eigenvalue weighted by Crippen LogP contribution is -2.31. The van der Waals surface area contributed by atoms with Crippen LogP contribution in [0, 0.1) is 0 Å². The Balaban J connectivity index is 1.90. The Kier molecular flexibility index (Phi) is 8.58. The van der Waals surface area contributed by atoms with Crippen LogP contribution < -0.4 is 0 Å². The van der Waals surface area contributed by atoms with E-state index < -0.39 is 0 Å². The van der Waals surface area contributed by atoms with Gasteiger partial charge in [-0.3, -0.25) is 4.90 Å². The van der Waals surface area contributed by atoms with Crippen molar-refractivity contribution in [1.29, 1.82) is 0 Å². The zero-order valence-corrected chi connectivity index (χ0v) is 12.5. The van der Waals surface area contributed by atoms with Crippen molar-refractivity contribution in [1.82, 2.24) is 4.90 Å². The van der Waals surface area contributed by atoms with Crippen molar-refractivity contribution < 1.29 is 0 Å². The Hall–Kier alpha value is 0.440. The van der Waals surface area contributed by atoms with Crippen molar-refractivity contribution in [3.63, 3.8) is 0 Å². The summed E-state index contributed by atoms with van der Waals surface area (Å²) in [5.74, 6) is 0. The van der Waals surface area contributed by atoms with Crippen molar-refractivity contribution >= 4 is 15.9 Å². The number of hydrogen-bond donors (Lipinski definition) is 0. The molecule has 1 unspecified atom stereocenters. The molecule has 0 radical (unpaired) electrons. The van der Waals surface area contributed by atoms with E-state index in [2.05, 4.69) is 27.8 Å². The number of likely N-dealkylation sites (tertiary alicyclic amines) is 1. The SMILES string of the molecule is CCCCCCCCCN1CCCC1CBr. The first-order chi connectivity index (χ1) is 7.88. The molecule has 0 aromatic heterocycles. The lowest BCUT2D eigenvalue weighted by atomic mass is 10.1. The quantitative estimate of drug-likeness (QED) is 0.443. The highest BCUT2D eigenvalue weighted by molar-refractivity contribution is 9.09. The Bertz CT molecular complexity index is 161. The van der Waals surface area contributed by atoms with Crippen LogP contribution >= 0.6 is 15.9 Å². The number of alkyl halides is 1. The molecule has 0 N–H and O–H groups in total. The monoisotopic (exact) mass is 289 g/mol. The van der Waals surface area contributed by atoms with E-state index in [0.29, 0.717) is 0 Å². The molecule has 16 heavy (non-hydrogen) atoms. The van der Waals surface area contributed by atoms with Gasteiger partial charge in [-0.2, -0.15) is 0 Å². The summed E-state index contributed by atoms with van der Waals surface area (Å²) in [4.78, 5) is 2.68. The van der Waals surface area contributed by atoms with Crippen molar-refractivity contribution in [2.45, 2.75) is 70.8 Å². The third-order valence-electron chi connectivity index (χ3n) is 3.73. The number of hydrogen-bond acceptors (Lipinski definition) is 1. The van der Waals surface area contributed by atoms with Crippen molar-refractivity contribution in [3.05, 3.63) is 0 Å². The second kappa shape index (κ2) is 9.47. The van der Waals surface area contributed by atoms with E-state index in [1.165, 1.54) is 76.2 Å². The fourth-order valence-corrected chi connectivity index (χ4v) is 3.37. The highest BCUT2D eigenvalue weighted by Crippen LogP contribution is 2.19. The Morgan fingerprint density at radius 3 is 2.44 bits per heavy atom. The average molecular weight is 290 g/mol. The van der Waals surface area contributed by atoms with Gasteiger partial charge in [-0.25, -0.2) is 0 Å². The van der Waals surface area contributed by atoms with Gasteiger partial charge in [-0.05, 0) is 32.4 Å². The molecule has 1 atom stereocenters. The average Bonchev–Trinajstić information content (AvgIpc) is 2.75. The number of nitrogens with zero attached hydrogens (tertiary/aromatic N) is 1. The lowest BCUT2D eigenvalue weighted by molar-refractivity contribution is 0.266. The smallest absolute Gasteiger partial charge is 0.0193 e. The van der Waals surface area contributed by atoms with Crippen LogP contribution in [0.3, 0.4) is 0 Å². The van der Waals surface area contributed by atoms with Gasteiger partial charge >= 0.3 is 0 Å². The third-order valence-corrected chi connectivity index (χ3v) is 4.47. The van der Waals surface area contributed by atoms with Crippen LogP contribution in [0.2, 0.25) is 0 Å². The molecule has 1 saturated heterocycles. The van der Waals surface area contributed by atoms with Gasteiger partial charge in [0.2, 0.25) is 0 Å². The van der Waals surface area contributed by atoms with Gasteiger partial charge in [-0.1, -0.05) is 61.4 Å². The minimum absolute atomic E-state index is 0.833. The molecule has 0 aromatic rings. The minimum atomic E-state index is 0.833. The van der Waals surface area contributed by atoms with E-state index in [1.807, 2.05) is 0 Å². The molecule has 2 heteroatoms. The number of halogens is 1. The molecular weight excluding hydrogens is 262 g/mol. The van der Waals surface area contributed by atoms with Gasteiger partial charge in [-0.15, -0.1) is 0 Å². The zero-order chi connectivity index (χ0) is 11.6. The highest BCUT2D eigenvalue weighted by atomic mass is 79.9. The van der Waals surface area contributed by atoms with Crippen LogP contribution in [0.5, 0.6) is 0 Å². The molecule has 0 spiro atoms. The van der Waals surface area contributed by atoms with Gasteiger partial charge in [0.05, 0.1) is 0 Å². The van der Waals surface area contributed by atoms with Gasteiger partial charge in [0, 0.05) is 11.4 Å². The van der Waals surface area contributed by atoms with Crippen LogP contribution in [-0.4, -0.2) is 29.4 Å². The highest BCUT2D eigenvalue weighted by Gasteiger charge is 2.22. The van der Waals surface area contributed by atoms with E-state index in [4.69, 9.17) is 0 Å². The van der Waals surface area contributed by atoms with Crippen LogP contribution in [0.4, 0.5) is 0 Å². The maximum atomic E-state index is 3.63. The number of unbranched alkanes of at least 4 members (excludes halogenated alkanes) is 6. The molecule has 0 aromatic carbocycles. The molecule has 0 amide bonds. The van der Waals surface area contributed by atoms with Gasteiger partial charge in [0.1, 0.15) is 0 Å². The largest absolute Gasteiger partial charge is 0.300 e. The lowest BCUT2D eigenvalue weighted by Gasteiger charge is -2.22. The molecule has 0 bridgehead atoms. The summed E-state index contributed by atoms with van der Waals surface area (Å²) in [6.07, 6.45) is 12.8. The predicted octanol–water partition coefficient (Wildman–Crippen LogP) is 4.60. The van der Waals surface area contributed by atoms with E-state index in [9.17, 15) is 0 Å². The molecule has 1 nitrogen and oxygen atoms in total. The minimum Gasteiger partial charge on any atom is -0.300 e. The summed E-state index contributed by atoms with van der Waals surface area (Å²) >= 11 is 3.63. The van der Waals surface area contributed by atoms with Gasteiger partial charge in [0.25, 0.3) is 0 Å². The Morgan fingerprint density at radius 2 is 1.75 bits per heavy atom. The molecule has 96 valence electrons. The normalized spacial score (nSPS) is 21.8. The van der Waals surface area contributed by atoms with Gasteiger partial charge in [0.15, 0.2) is 0 Å². The topological polar surface area (TPSA) is 3.24 Å². The van der Waals surface area contributed by atoms with Crippen LogP contribution in [0.25, 0.3) is 0 Å². The standard InChI is InChI=1S/C14H28BrN/c1-2-3-4-5-6-7-8-11-16-12-9-10-14(16)13-15/h14H,2-13H2,1H3. The Labute approximate surface area is 110 Å². The van der Waals surface area contributed by atoms with E-state index in [-0.39, 0.29) is 0 Å². The number of rotatable bonds is 9. The first-order valence-corrected chi connectivity index (χ1v) is 8.30. The van der Waals surface area contributed by atoms with Crippen molar-refractivity contribution in [2.75, 3.05) is 18.4 Å². The molecule has 1 heterocycles. The molecule has 1 aliphatic heterocycles. The summed E-state index contributed by atoms with van der Waals surface area (Å²) in [7, 11) is 0. The summed E-state index contributed by atoms with van der Waals surface area (Å²) in [6.45, 7) is 4.96. The third kappa shape index (κ3) is 5.67. The fourth-order valence-electron chi connectivity index (χ4n) is 2.64. The summed E-state index contributed by atoms with van der Waals surface area (Å²) in [5.41, 5.74) is 0. The second-order valence-electron chi connectivity index (χ2n) is 5.11. The summed E-state index contributed by atoms with van der Waals surface area (Å²) in [6, 6.07) is 0.833. The molecule has 0 saturated carbocycles. The second-order valence-corrected chi connectivity index (χ2v) is 5.76. The zero-order valence-electron chi connectivity index (χ0n) is 10.9. The molecular formula is C14H28BrN. The summed E-state index contributed by atoms with van der Waals surface area (Å²) in [5, 5.41) is 1.17. The molecule has 1 fully saturated rings. The van der Waals surface area contributed by atoms with E-state index >= 15 is 0 Å². The summed E-state index contributed by atoms with van der Waals surface area (Å²) < 4.78 is 0. The molecule has 1 aliphatic rings. The van der Waals surface area contributed by atoms with Crippen molar-refractivity contribution in [2.24, 2.45) is 0 Å². The Morgan fingerprint density at radius 1 is 1.06 bits per heavy atom. The maximum absolute atomic E-state index is 3.63. The first kappa shape index (κ1) is 14.5. The predicted molar refractivity (Wildman–Crippen MR) is 76.4 cm³/mol. The van der Waals surface area contributed by atoms with E-state index in [0.717, 1.165) is 6.04 Å². The van der Waals surface area contributed by atoms with Crippen molar-refractivity contribution in [3.8, 4) is 0 Å². The molecule has 1 rings (SSSR count). The van der Waals surface area contributed by atoms with Crippen LogP contribution in [0.15, 0.2) is 0 Å². The first-order valence-electron chi connectivity index (χ1n) is 7.18. The van der Waals surface area contributed by atoms with E-state index in [1.54, 1.807) is 0 Å². The fraction of sp³-hybridized carbons (Fsp3) is 1.00. The van der Waals surface area contributed by atoms with Crippen LogP contribution in [-0.2, 0) is 0 Å². The maximum Gasteiger partial charge on any atom is 0.0193 e. The van der Waals surface area contributed by atoms with Crippen LogP contribution in [0.1, 0.15) is 64.7 Å².